The molecule has 0 bridgehead atoms. The van der Waals surface area contributed by atoms with E-state index in [0.29, 0.717) is 30.9 Å². The van der Waals surface area contributed by atoms with Gasteiger partial charge in [-0.25, -0.2) is 15.0 Å². The van der Waals surface area contributed by atoms with Gasteiger partial charge in [0.05, 0.1) is 36.4 Å². The Morgan fingerprint density at radius 3 is 2.90 bits per heavy atom. The van der Waals surface area contributed by atoms with Gasteiger partial charge in [-0.15, -0.1) is 0 Å². The Hall–Kier alpha value is -2.53. The van der Waals surface area contributed by atoms with E-state index in [2.05, 4.69) is 30.9 Å². The van der Waals surface area contributed by atoms with E-state index < -0.39 is 17.6 Å². The molecule has 1 saturated heterocycles. The zero-order chi connectivity index (χ0) is 21.3. The number of halogens is 1. The highest BCUT2D eigenvalue weighted by Crippen LogP contribution is 2.54. The molecule has 1 saturated carbocycles. The largest absolute Gasteiger partial charge is 0.390 e. The van der Waals surface area contributed by atoms with Crippen LogP contribution in [0, 0.1) is 5.41 Å². The Bertz CT molecular complexity index is 1310. The molecule has 0 unspecified atom stereocenters. The highest BCUT2D eigenvalue weighted by Gasteiger charge is 2.57. The third-order valence-corrected chi connectivity index (χ3v) is 7.47. The van der Waals surface area contributed by atoms with Gasteiger partial charge in [-0.3, -0.25) is 4.40 Å². The first-order valence-corrected chi connectivity index (χ1v) is 10.9. The number of aromatic nitrogens is 5. The molecule has 0 amide bonds. The van der Waals surface area contributed by atoms with Crippen LogP contribution in [0.2, 0.25) is 0 Å². The second-order valence-corrected chi connectivity index (χ2v) is 9.37. The van der Waals surface area contributed by atoms with Crippen molar-refractivity contribution < 1.29 is 14.9 Å². The Labute approximate surface area is 185 Å². The molecule has 9 nitrogen and oxygen atoms in total. The fraction of sp³-hybridized carbons (Fsp3) is 0.381. The summed E-state index contributed by atoms with van der Waals surface area (Å²) in [7, 11) is 0. The molecule has 1 spiro atoms. The lowest BCUT2D eigenvalue weighted by Crippen LogP contribution is -2.37. The molecule has 2 aliphatic rings. The molecule has 2 fully saturated rings. The quantitative estimate of drug-likeness (QED) is 0.398. The number of ether oxygens (including phenoxy) is 1. The lowest BCUT2D eigenvalue weighted by atomic mass is 9.80. The van der Waals surface area contributed by atoms with Gasteiger partial charge in [-0.2, -0.15) is 0 Å². The average molecular weight is 485 g/mol. The van der Waals surface area contributed by atoms with Crippen molar-refractivity contribution in [3.05, 3.63) is 53.3 Å². The summed E-state index contributed by atoms with van der Waals surface area (Å²) in [6.07, 6.45) is 6.19. The number of aliphatic hydroxyl groups excluding tert-OH is 2. The second kappa shape index (κ2) is 6.73. The SMILES string of the molecule is Nc1ncnc2c1ccn2[C@@H]1C[C@@]2(CO[C@@H](c3ccn4c(Br)cnc4c3)C2)[C@@H](O)[C@H]1O. The standard InChI is InChI=1S/C21H21BrN6O3/c22-15-8-24-16-5-11(1-3-28(15)16)14-7-21(9-31-14)6-13(17(29)18(21)30)27-4-2-12-19(23)25-10-26-20(12)27/h1-5,8,10,13-14,17-18,29-30H,6-7,9H2,(H2,23,25,26)/t13-,14-,17+,18+,21-/m1/s1. The molecule has 160 valence electrons. The third kappa shape index (κ3) is 2.75. The highest BCUT2D eigenvalue weighted by molar-refractivity contribution is 9.10. The number of hydrogen-bond acceptors (Lipinski definition) is 7. The number of aliphatic hydroxyl groups is 2. The van der Waals surface area contributed by atoms with E-state index in [-0.39, 0.29) is 12.1 Å². The van der Waals surface area contributed by atoms with Crippen LogP contribution >= 0.6 is 15.9 Å². The average Bonchev–Trinajstić information content (AvgIpc) is 3.53. The number of imidazole rings is 1. The summed E-state index contributed by atoms with van der Waals surface area (Å²) in [6.45, 7) is 0.381. The molecule has 6 rings (SSSR count). The molecule has 0 radical (unpaired) electrons. The number of nitrogens with two attached hydrogens (primary N) is 1. The van der Waals surface area contributed by atoms with Gasteiger partial charge < -0.3 is 25.3 Å². The fourth-order valence-electron chi connectivity index (χ4n) is 5.23. The highest BCUT2D eigenvalue weighted by atomic mass is 79.9. The number of anilines is 1. The summed E-state index contributed by atoms with van der Waals surface area (Å²) in [5.41, 5.74) is 7.93. The van der Waals surface area contributed by atoms with E-state index in [9.17, 15) is 10.2 Å². The molecule has 31 heavy (non-hydrogen) atoms. The van der Waals surface area contributed by atoms with E-state index in [1.807, 2.05) is 39.6 Å². The Morgan fingerprint density at radius 2 is 2.03 bits per heavy atom. The number of nitrogens with zero attached hydrogens (tertiary/aromatic N) is 5. The number of fused-ring (bicyclic) bond motifs is 2. The van der Waals surface area contributed by atoms with Crippen LogP contribution < -0.4 is 5.73 Å². The lowest BCUT2D eigenvalue weighted by Gasteiger charge is -2.26. The Morgan fingerprint density at radius 1 is 1.16 bits per heavy atom. The smallest absolute Gasteiger partial charge is 0.145 e. The topological polar surface area (TPSA) is 124 Å². The number of pyridine rings is 1. The Kier molecular flexibility index (Phi) is 4.16. The first-order valence-electron chi connectivity index (χ1n) is 10.1. The molecule has 4 aromatic heterocycles. The maximum Gasteiger partial charge on any atom is 0.145 e. The van der Waals surface area contributed by atoms with Gasteiger partial charge in [-0.1, -0.05) is 0 Å². The predicted octanol–water partition coefficient (Wildman–Crippen LogP) is 2.24. The molecule has 5 atom stereocenters. The lowest BCUT2D eigenvalue weighted by molar-refractivity contribution is -0.0309. The maximum absolute atomic E-state index is 11.1. The molecule has 0 aromatic carbocycles. The van der Waals surface area contributed by atoms with Gasteiger partial charge in [0.15, 0.2) is 0 Å². The molecular formula is C21H21BrN6O3. The van der Waals surface area contributed by atoms with E-state index in [1.165, 1.54) is 6.33 Å². The minimum absolute atomic E-state index is 0.166. The van der Waals surface area contributed by atoms with Crippen molar-refractivity contribution in [3.63, 3.8) is 0 Å². The third-order valence-electron chi connectivity index (χ3n) is 6.89. The molecule has 4 N–H and O–H groups in total. The first kappa shape index (κ1) is 19.2. The van der Waals surface area contributed by atoms with Crippen molar-refractivity contribution in [2.45, 2.75) is 37.2 Å². The summed E-state index contributed by atoms with van der Waals surface area (Å²) in [4.78, 5) is 12.8. The first-order chi connectivity index (χ1) is 15.0. The zero-order valence-corrected chi connectivity index (χ0v) is 18.1. The van der Waals surface area contributed by atoms with Crippen molar-refractivity contribution in [2.75, 3.05) is 12.3 Å². The normalized spacial score (nSPS) is 30.8. The van der Waals surface area contributed by atoms with Crippen molar-refractivity contribution >= 4 is 38.4 Å². The van der Waals surface area contributed by atoms with E-state index in [1.54, 1.807) is 6.20 Å². The molecular weight excluding hydrogens is 464 g/mol. The monoisotopic (exact) mass is 484 g/mol. The second-order valence-electron chi connectivity index (χ2n) is 8.56. The van der Waals surface area contributed by atoms with Crippen molar-refractivity contribution in [1.82, 2.24) is 23.9 Å². The van der Waals surface area contributed by atoms with Crippen LogP contribution in [0.1, 0.15) is 30.6 Å². The van der Waals surface area contributed by atoms with E-state index >= 15 is 0 Å². The fourth-order valence-corrected chi connectivity index (χ4v) is 5.64. The zero-order valence-electron chi connectivity index (χ0n) is 16.5. The minimum atomic E-state index is -0.931. The van der Waals surface area contributed by atoms with Gasteiger partial charge >= 0.3 is 0 Å². The molecule has 5 heterocycles. The van der Waals surface area contributed by atoms with Crippen LogP contribution in [-0.2, 0) is 4.74 Å². The van der Waals surface area contributed by atoms with E-state index in [0.717, 1.165) is 21.2 Å². The van der Waals surface area contributed by atoms with Crippen LogP contribution in [0.5, 0.6) is 0 Å². The van der Waals surface area contributed by atoms with Crippen LogP contribution in [0.4, 0.5) is 5.82 Å². The maximum atomic E-state index is 11.1. The molecule has 1 aliphatic heterocycles. The summed E-state index contributed by atoms with van der Waals surface area (Å²) in [5, 5.41) is 22.8. The summed E-state index contributed by atoms with van der Waals surface area (Å²) in [5.74, 6) is 0.400. The predicted molar refractivity (Wildman–Crippen MR) is 116 cm³/mol. The summed E-state index contributed by atoms with van der Waals surface area (Å²) >= 11 is 3.47. The van der Waals surface area contributed by atoms with Gasteiger partial charge in [0.25, 0.3) is 0 Å². The number of rotatable bonds is 2. The van der Waals surface area contributed by atoms with Gasteiger partial charge in [0, 0.05) is 17.8 Å². The molecule has 1 aliphatic carbocycles. The molecule has 4 aromatic rings. The Balaban J connectivity index is 1.31. The van der Waals surface area contributed by atoms with Gasteiger partial charge in [0.1, 0.15) is 34.1 Å². The van der Waals surface area contributed by atoms with Crippen molar-refractivity contribution in [2.24, 2.45) is 5.41 Å². The number of nitrogen functional groups attached to an aromatic ring is 1. The van der Waals surface area contributed by atoms with Crippen LogP contribution in [-0.4, -0.2) is 52.9 Å². The molecule has 10 heteroatoms. The van der Waals surface area contributed by atoms with Crippen LogP contribution in [0.3, 0.4) is 0 Å². The van der Waals surface area contributed by atoms with Crippen LogP contribution in [0.15, 0.2) is 47.7 Å². The van der Waals surface area contributed by atoms with Crippen molar-refractivity contribution in [1.29, 1.82) is 0 Å². The van der Waals surface area contributed by atoms with Gasteiger partial charge in [0.2, 0.25) is 0 Å². The summed E-state index contributed by atoms with van der Waals surface area (Å²) in [6, 6.07) is 5.54. The van der Waals surface area contributed by atoms with E-state index in [4.69, 9.17) is 10.5 Å². The summed E-state index contributed by atoms with van der Waals surface area (Å²) < 4.78 is 10.9. The minimum Gasteiger partial charge on any atom is -0.390 e. The number of hydrogen-bond donors (Lipinski definition) is 3. The van der Waals surface area contributed by atoms with Crippen molar-refractivity contribution in [3.8, 4) is 0 Å². The van der Waals surface area contributed by atoms with Crippen LogP contribution in [0.25, 0.3) is 16.7 Å². The van der Waals surface area contributed by atoms with Gasteiger partial charge in [-0.05, 0) is 52.5 Å².